The Labute approximate surface area is 819 Å². The highest BCUT2D eigenvalue weighted by Crippen LogP contribution is 2.35. The molecule has 0 aliphatic carbocycles. The molecule has 4 amide bonds. The normalized spacial score (nSPS) is 18.6. The molecule has 8 aromatic carbocycles. The largest absolute Gasteiger partial charge is 0.480 e. The van der Waals surface area contributed by atoms with Crippen LogP contribution in [0.25, 0.3) is 44.1 Å². The van der Waals surface area contributed by atoms with Crippen LogP contribution in [0.4, 0.5) is 0 Å². The number of hydrogen-bond donors (Lipinski definition) is 9. The zero-order chi connectivity index (χ0) is 95.6. The minimum atomic E-state index is -1.05. The number of fused-ring (bicyclic) bond motifs is 4. The van der Waals surface area contributed by atoms with Crippen molar-refractivity contribution >= 4 is 173 Å². The van der Waals surface area contributed by atoms with Gasteiger partial charge in [0.1, 0.15) is 54.5 Å². The van der Waals surface area contributed by atoms with Gasteiger partial charge in [-0.1, -0.05) is 177 Å². The summed E-state index contributed by atoms with van der Waals surface area (Å²) < 4.78 is 33.8. The molecule has 5 aromatic heterocycles. The minimum absolute atomic E-state index is 0.0796. The molecule has 13 aromatic rings. The summed E-state index contributed by atoms with van der Waals surface area (Å²) in [5, 5.41) is 29.3. The summed E-state index contributed by atoms with van der Waals surface area (Å²) in [5.41, 5.74) is 11.8. The number of para-hydroxylation sites is 8. The Morgan fingerprint density at radius 3 is 1.01 bits per heavy atom. The van der Waals surface area contributed by atoms with E-state index in [9.17, 15) is 28.8 Å². The van der Waals surface area contributed by atoms with Crippen LogP contribution in [0.1, 0.15) is 109 Å². The molecule has 0 saturated carbocycles. The lowest BCUT2D eigenvalue weighted by Crippen LogP contribution is -2.42. The van der Waals surface area contributed by atoms with Gasteiger partial charge in [0, 0.05) is 98.1 Å². The lowest BCUT2D eigenvalue weighted by molar-refractivity contribution is -0.162. The number of imidazole rings is 4. The number of terminal acetylenes is 1. The molecule has 0 spiro atoms. The lowest BCUT2D eigenvalue weighted by atomic mass is 10.1. The average molecular weight is 2000 g/mol. The number of hydrogen-bond acceptors (Lipinski definition) is 21. The van der Waals surface area contributed by atoms with Gasteiger partial charge < -0.3 is 74.5 Å². The molecule has 9 N–H and O–H groups in total. The van der Waals surface area contributed by atoms with Crippen molar-refractivity contribution in [3.8, 4) is 12.3 Å². The number of likely N-dealkylation sites (tertiary alicyclic amines) is 4. The molecule has 9 heterocycles. The summed E-state index contributed by atoms with van der Waals surface area (Å²) in [4.78, 5) is 115. The number of aliphatic carboxylic acids is 1. The number of benzene rings is 8. The first-order valence-electron chi connectivity index (χ1n) is 43.7. The Morgan fingerprint density at radius 2 is 0.733 bits per heavy atom. The number of carboxylic acid groups (broad SMARTS) is 1. The maximum atomic E-state index is 13.3. The SMILES string of the molecule is C#CCO[C@@H]1C[C@@H](C(=O)NCc2nc3ccccc3[nH]2)N(Cc2ccc(Cl)cc2Cl)C1.CC(C)(C)OC(=O)CO[C@@H]1C[C@@H](C(=O)NCc2nc3ccccc3[nH]2)N(Cc2ccc(Cl)cc2Cl)C1.Cc1noc(C)c1CO[C@@H]1C[C@@H](C(=O)NCc2nc3ccccc3[nH]2)N(Cc2ccc(Cl)cc2Cl)C1.O=C(O)CO[C@@H]1C[C@@H](C(=O)NCc2nc3ccccc3[nH]2)N(Cc2ccc(Cl)cc2Cl)C1. The number of aryl methyl sites for hydroxylation is 2. The van der Waals surface area contributed by atoms with Crippen LogP contribution in [0.15, 0.2) is 174 Å². The standard InChI is InChI=1S/C26H27Cl2N5O3.C26H30Cl2N4O4.C23H22Cl2N4O2.C22H22Cl2N4O4/c1-15-20(16(2)36-32-15)14-35-19-10-24(33(13-19)12-17-7-8-18(27)9-21(17)28)26(34)29-11-25-30-22-5-3-4-6-23(22)31-25;1-26(2,3)36-24(33)15-35-18-11-22(32(14-18)13-16-8-9-17(27)10-19(16)28)25(34)29-12-23-30-20-6-4-5-7-21(20)31-23;1-2-9-31-17-11-21(29(14-17)13-15-7-8-16(24)10-18(15)25)23(30)26-12-22-27-19-5-3-4-6-20(19)28-22;23-14-6-5-13(16(24)7-14)10-28-11-15(32-12-21(29)30)8-19(28)22(31)25-9-20-26-17-3-1-2-4-18(17)27-20/h3-9,19,24H,10-14H2,1-2H3,(H,29,34)(H,30,31);4-10,18,22H,11-15H2,1-3H3,(H,29,34)(H,30,31);1,3-8,10,17,21H,9,11-14H2,(H,26,30)(H,27,28);1-7,15,19H,8-12H2,(H,25,31)(H,26,27)(H,29,30)/t19-,24+;18-,22+;17-,21+;15-,19+/m1111/s1. The van der Waals surface area contributed by atoms with E-state index in [0.717, 1.165) is 83.4 Å². The van der Waals surface area contributed by atoms with Crippen molar-refractivity contribution in [3.05, 3.63) is 273 Å². The van der Waals surface area contributed by atoms with Gasteiger partial charge in [0.25, 0.3) is 0 Å². The molecule has 4 fully saturated rings. The third-order valence-corrected chi connectivity index (χ3v) is 25.4. The molecule has 0 bridgehead atoms. The number of carbonyl (C=O) groups excluding carboxylic acids is 5. The Hall–Kier alpha value is -10.8. The topological polar surface area (TPSA) is 371 Å². The van der Waals surface area contributed by atoms with E-state index in [4.69, 9.17) is 133 Å². The summed E-state index contributed by atoms with van der Waals surface area (Å²) in [6, 6.07) is 50.5. The van der Waals surface area contributed by atoms with Gasteiger partial charge in [-0.2, -0.15) is 0 Å². The van der Waals surface area contributed by atoms with Crippen LogP contribution in [0.2, 0.25) is 40.2 Å². The number of amides is 4. The van der Waals surface area contributed by atoms with Crippen molar-refractivity contribution in [1.29, 1.82) is 0 Å². The number of esters is 1. The van der Waals surface area contributed by atoms with Gasteiger partial charge in [-0.15, -0.1) is 6.42 Å². The summed E-state index contributed by atoms with van der Waals surface area (Å²) >= 11 is 49.6. The number of nitrogens with one attached hydrogen (secondary N) is 8. The molecular formula is C97H101Cl8N17O13. The number of rotatable bonds is 31. The first kappa shape index (κ1) is 100. The smallest absolute Gasteiger partial charge is 0.332 e. The van der Waals surface area contributed by atoms with Crippen LogP contribution >= 0.6 is 92.8 Å². The first-order chi connectivity index (χ1) is 64.9. The Kier molecular flexibility index (Phi) is 34.8. The second kappa shape index (κ2) is 46.9. The van der Waals surface area contributed by atoms with Crippen molar-refractivity contribution in [3.63, 3.8) is 0 Å². The van der Waals surface area contributed by atoms with Gasteiger partial charge in [-0.3, -0.25) is 38.8 Å². The van der Waals surface area contributed by atoms with Gasteiger partial charge in [0.15, 0.2) is 0 Å². The molecule has 708 valence electrons. The fourth-order valence-electron chi connectivity index (χ4n) is 16.5. The average Bonchev–Trinajstić information content (AvgIpc) is 1.55. The highest BCUT2D eigenvalue weighted by Gasteiger charge is 2.43. The molecule has 4 saturated heterocycles. The molecule has 8 atom stereocenters. The molecule has 17 rings (SSSR count). The second-order valence-electron chi connectivity index (χ2n) is 34.1. The summed E-state index contributed by atoms with van der Waals surface area (Å²) in [5.74, 6) is 4.00. The van der Waals surface area contributed by atoms with Crippen LogP contribution in [0, 0.1) is 26.2 Å². The van der Waals surface area contributed by atoms with Gasteiger partial charge in [-0.05, 0) is 180 Å². The molecule has 4 aliphatic rings. The number of H-pyrrole nitrogens is 4. The van der Waals surface area contributed by atoms with Crippen molar-refractivity contribution in [2.45, 2.75) is 173 Å². The van der Waals surface area contributed by atoms with Crippen LogP contribution in [0.5, 0.6) is 0 Å². The summed E-state index contributed by atoms with van der Waals surface area (Å²) in [7, 11) is 0. The number of halogens is 8. The zero-order valence-electron chi connectivity index (χ0n) is 74.4. The number of aromatic amines is 4. The van der Waals surface area contributed by atoms with Crippen molar-refractivity contribution < 1.29 is 62.1 Å². The molecular weight excluding hydrogens is 1890 g/mol. The molecule has 135 heavy (non-hydrogen) atoms. The number of carbonyl (C=O) groups is 6. The molecule has 4 aliphatic heterocycles. The van der Waals surface area contributed by atoms with E-state index >= 15 is 0 Å². The predicted octanol–water partition coefficient (Wildman–Crippen LogP) is 16.4. The van der Waals surface area contributed by atoms with Crippen molar-refractivity contribution in [1.82, 2.24) is 85.9 Å². The van der Waals surface area contributed by atoms with Gasteiger partial charge in [0.2, 0.25) is 23.6 Å². The molecule has 30 nitrogen and oxygen atoms in total. The van der Waals surface area contributed by atoms with E-state index in [1.165, 1.54) is 0 Å². The van der Waals surface area contributed by atoms with E-state index in [1.807, 2.05) is 145 Å². The van der Waals surface area contributed by atoms with Crippen molar-refractivity contribution in [2.75, 3.05) is 46.0 Å². The van der Waals surface area contributed by atoms with E-state index in [1.54, 1.807) is 69.3 Å². The quantitative estimate of drug-likeness (QED) is 0.0144. The summed E-state index contributed by atoms with van der Waals surface area (Å²) in [6.07, 6.45) is 6.31. The zero-order valence-corrected chi connectivity index (χ0v) is 80.4. The Morgan fingerprint density at radius 1 is 0.437 bits per heavy atom. The van der Waals surface area contributed by atoms with Crippen LogP contribution < -0.4 is 21.3 Å². The first-order valence-corrected chi connectivity index (χ1v) is 46.7. The van der Waals surface area contributed by atoms with Crippen LogP contribution in [-0.2, 0) is 111 Å². The number of aromatic nitrogens is 9. The van der Waals surface area contributed by atoms with E-state index in [-0.39, 0.29) is 86.4 Å². The second-order valence-corrected chi connectivity index (χ2v) is 37.4. The van der Waals surface area contributed by atoms with E-state index in [0.29, 0.717) is 161 Å². The minimum Gasteiger partial charge on any atom is -0.480 e. The maximum absolute atomic E-state index is 13.3. The highest BCUT2D eigenvalue weighted by atomic mass is 35.5. The van der Waals surface area contributed by atoms with Gasteiger partial charge in [-0.25, -0.2) is 29.5 Å². The maximum Gasteiger partial charge on any atom is 0.332 e. The van der Waals surface area contributed by atoms with E-state index in [2.05, 4.69) is 82.0 Å². The number of carboxylic acids is 1. The fourth-order valence-corrected chi connectivity index (χ4v) is 18.4. The van der Waals surface area contributed by atoms with Gasteiger partial charge >= 0.3 is 11.9 Å². The number of ether oxygens (including phenoxy) is 5. The molecule has 0 radical (unpaired) electrons. The third-order valence-electron chi connectivity index (χ3n) is 23.0. The van der Waals surface area contributed by atoms with Gasteiger partial charge in [0.05, 0.1) is 131 Å². The lowest BCUT2D eigenvalue weighted by Gasteiger charge is -2.24. The number of nitrogens with zero attached hydrogens (tertiary/aromatic N) is 9. The Balaban J connectivity index is 0.000000145. The molecule has 0 unspecified atom stereocenters. The highest BCUT2D eigenvalue weighted by molar-refractivity contribution is 6.36. The van der Waals surface area contributed by atoms with Crippen LogP contribution in [-0.4, -0.2) is 205 Å². The van der Waals surface area contributed by atoms with Crippen molar-refractivity contribution in [2.24, 2.45) is 0 Å². The van der Waals surface area contributed by atoms with E-state index < -0.39 is 36.2 Å². The fraction of sp³-hybridized carbons (Fsp3) is 0.351. The third kappa shape index (κ3) is 28.0. The monoisotopic (exact) mass is 1990 g/mol. The predicted molar refractivity (Wildman–Crippen MR) is 519 cm³/mol. The molecule has 38 heteroatoms. The summed E-state index contributed by atoms with van der Waals surface area (Å²) in [6.45, 7) is 14.2. The Bertz CT molecular complexity index is 6240. The van der Waals surface area contributed by atoms with Crippen LogP contribution in [0.3, 0.4) is 0 Å².